The lowest BCUT2D eigenvalue weighted by atomic mass is 10.2. The van der Waals surface area contributed by atoms with Gasteiger partial charge in [-0.1, -0.05) is 12.1 Å². The quantitative estimate of drug-likeness (QED) is 0.726. The van der Waals surface area contributed by atoms with Gasteiger partial charge < -0.3 is 9.52 Å². The Labute approximate surface area is 132 Å². The summed E-state index contributed by atoms with van der Waals surface area (Å²) < 4.78 is 5.54. The number of thiophene rings is 1. The highest BCUT2D eigenvalue weighted by Crippen LogP contribution is 2.24. The highest BCUT2D eigenvalue weighted by molar-refractivity contribution is 7.13. The molecular formula is C16H17N3O2S. The first kappa shape index (κ1) is 14.9. The average Bonchev–Trinajstić information content (AvgIpc) is 3.19. The van der Waals surface area contributed by atoms with Gasteiger partial charge >= 0.3 is 0 Å². The van der Waals surface area contributed by atoms with E-state index in [9.17, 15) is 5.11 Å². The van der Waals surface area contributed by atoms with Crippen molar-refractivity contribution in [3.63, 3.8) is 0 Å². The van der Waals surface area contributed by atoms with Gasteiger partial charge in [-0.3, -0.25) is 9.88 Å². The lowest BCUT2D eigenvalue weighted by molar-refractivity contribution is 0.182. The normalized spacial score (nSPS) is 11.2. The fourth-order valence-corrected chi connectivity index (χ4v) is 2.88. The maximum atomic E-state index is 9.25. The van der Waals surface area contributed by atoms with E-state index in [2.05, 4.69) is 14.9 Å². The molecule has 0 saturated heterocycles. The van der Waals surface area contributed by atoms with Crippen molar-refractivity contribution in [1.82, 2.24) is 14.9 Å². The topological polar surface area (TPSA) is 62.4 Å². The molecule has 1 N–H and O–H groups in total. The molecule has 22 heavy (non-hydrogen) atoms. The fraction of sp³-hybridized carbons (Fsp3) is 0.250. The fourth-order valence-electron chi connectivity index (χ4n) is 2.23. The Kier molecular flexibility index (Phi) is 4.95. The molecule has 0 aliphatic rings. The molecular weight excluding hydrogens is 298 g/mol. The monoisotopic (exact) mass is 315 g/mol. The van der Waals surface area contributed by atoms with Gasteiger partial charge in [0.05, 0.1) is 17.2 Å². The second kappa shape index (κ2) is 7.31. The average molecular weight is 315 g/mol. The Hall–Kier alpha value is -2.02. The predicted octanol–water partition coefficient (Wildman–Crippen LogP) is 2.79. The third-order valence-electron chi connectivity index (χ3n) is 3.21. The van der Waals surface area contributed by atoms with Crippen LogP contribution in [0.5, 0.6) is 0 Å². The first-order valence-electron chi connectivity index (χ1n) is 7.05. The molecule has 0 bridgehead atoms. The number of aliphatic hydroxyl groups excluding tert-OH is 1. The van der Waals surface area contributed by atoms with Crippen LogP contribution in [0.1, 0.15) is 11.3 Å². The number of rotatable bonds is 7. The SMILES string of the molecule is OCCN(Cc1cccnc1)Cc1coc(-c2cccs2)n1. The molecule has 3 aromatic rings. The lowest BCUT2D eigenvalue weighted by Crippen LogP contribution is -2.26. The Balaban J connectivity index is 1.68. The van der Waals surface area contributed by atoms with Crippen LogP contribution in [0.25, 0.3) is 10.8 Å². The number of nitrogens with zero attached hydrogens (tertiary/aromatic N) is 3. The third-order valence-corrected chi connectivity index (χ3v) is 4.07. The van der Waals surface area contributed by atoms with E-state index in [1.54, 1.807) is 23.8 Å². The van der Waals surface area contributed by atoms with Crippen LogP contribution >= 0.6 is 11.3 Å². The summed E-state index contributed by atoms with van der Waals surface area (Å²) in [7, 11) is 0. The molecule has 3 aromatic heterocycles. The van der Waals surface area contributed by atoms with Crippen molar-refractivity contribution in [2.24, 2.45) is 0 Å². The van der Waals surface area contributed by atoms with Crippen molar-refractivity contribution in [2.75, 3.05) is 13.2 Å². The van der Waals surface area contributed by atoms with Crippen LogP contribution in [-0.2, 0) is 13.1 Å². The van der Waals surface area contributed by atoms with Crippen molar-refractivity contribution in [2.45, 2.75) is 13.1 Å². The second-order valence-corrected chi connectivity index (χ2v) is 5.86. The van der Waals surface area contributed by atoms with E-state index in [4.69, 9.17) is 4.42 Å². The maximum absolute atomic E-state index is 9.25. The molecule has 3 heterocycles. The zero-order valence-electron chi connectivity index (χ0n) is 12.1. The summed E-state index contributed by atoms with van der Waals surface area (Å²) in [5.41, 5.74) is 1.97. The molecule has 0 saturated carbocycles. The maximum Gasteiger partial charge on any atom is 0.236 e. The van der Waals surface area contributed by atoms with Crippen molar-refractivity contribution in [3.8, 4) is 10.8 Å². The van der Waals surface area contributed by atoms with E-state index in [-0.39, 0.29) is 6.61 Å². The van der Waals surface area contributed by atoms with Crippen LogP contribution in [0.4, 0.5) is 0 Å². The van der Waals surface area contributed by atoms with E-state index >= 15 is 0 Å². The molecule has 5 nitrogen and oxygen atoms in total. The van der Waals surface area contributed by atoms with Crippen molar-refractivity contribution < 1.29 is 9.52 Å². The van der Waals surface area contributed by atoms with E-state index < -0.39 is 0 Å². The Morgan fingerprint density at radius 3 is 2.91 bits per heavy atom. The van der Waals surface area contributed by atoms with Crippen LogP contribution in [0.15, 0.2) is 52.7 Å². The highest BCUT2D eigenvalue weighted by Gasteiger charge is 2.12. The molecule has 0 unspecified atom stereocenters. The zero-order valence-corrected chi connectivity index (χ0v) is 12.9. The molecule has 0 spiro atoms. The summed E-state index contributed by atoms with van der Waals surface area (Å²) in [5, 5.41) is 11.2. The predicted molar refractivity (Wildman–Crippen MR) is 85.3 cm³/mol. The number of aliphatic hydroxyl groups is 1. The molecule has 6 heteroatoms. The van der Waals surface area contributed by atoms with Crippen LogP contribution in [0.3, 0.4) is 0 Å². The number of hydrogen-bond donors (Lipinski definition) is 1. The minimum Gasteiger partial charge on any atom is -0.444 e. The lowest BCUT2D eigenvalue weighted by Gasteiger charge is -2.19. The number of pyridine rings is 1. The molecule has 0 fully saturated rings. The molecule has 0 aliphatic carbocycles. The van der Waals surface area contributed by atoms with E-state index in [1.165, 1.54) is 0 Å². The minimum absolute atomic E-state index is 0.107. The van der Waals surface area contributed by atoms with Crippen molar-refractivity contribution in [3.05, 3.63) is 59.6 Å². The number of aromatic nitrogens is 2. The molecule has 0 amide bonds. The standard InChI is InChI=1S/C16H17N3O2S/c20-7-6-19(10-13-3-1-5-17-9-13)11-14-12-21-16(18-14)15-4-2-8-22-15/h1-5,8-9,12,20H,6-7,10-11H2. The van der Waals surface area contributed by atoms with Gasteiger partial charge in [-0.15, -0.1) is 11.3 Å². The molecule has 3 rings (SSSR count). The highest BCUT2D eigenvalue weighted by atomic mass is 32.1. The van der Waals surface area contributed by atoms with Crippen molar-refractivity contribution in [1.29, 1.82) is 0 Å². The Morgan fingerprint density at radius 1 is 1.23 bits per heavy atom. The smallest absolute Gasteiger partial charge is 0.236 e. The summed E-state index contributed by atoms with van der Waals surface area (Å²) in [6.45, 7) is 2.03. The Bertz CT molecular complexity index is 683. The van der Waals surface area contributed by atoms with Gasteiger partial charge in [0.25, 0.3) is 0 Å². The van der Waals surface area contributed by atoms with Gasteiger partial charge in [0, 0.05) is 32.0 Å². The molecule has 0 atom stereocenters. The van der Waals surface area contributed by atoms with E-state index in [0.29, 0.717) is 19.0 Å². The summed E-state index contributed by atoms with van der Waals surface area (Å²) in [6, 6.07) is 7.90. The molecule has 114 valence electrons. The molecule has 0 aliphatic heterocycles. The van der Waals surface area contributed by atoms with E-state index in [1.807, 2.05) is 35.8 Å². The van der Waals surface area contributed by atoms with E-state index in [0.717, 1.165) is 22.7 Å². The zero-order chi connectivity index (χ0) is 15.2. The van der Waals surface area contributed by atoms with Crippen LogP contribution in [0, 0.1) is 0 Å². The van der Waals surface area contributed by atoms with Crippen LogP contribution < -0.4 is 0 Å². The van der Waals surface area contributed by atoms with Crippen molar-refractivity contribution >= 4 is 11.3 Å². The second-order valence-electron chi connectivity index (χ2n) is 4.92. The molecule has 0 aromatic carbocycles. The van der Waals surface area contributed by atoms with Gasteiger partial charge in [0.2, 0.25) is 5.89 Å². The van der Waals surface area contributed by atoms with Gasteiger partial charge in [0.1, 0.15) is 6.26 Å². The van der Waals surface area contributed by atoms with Gasteiger partial charge in [0.15, 0.2) is 0 Å². The number of hydrogen-bond acceptors (Lipinski definition) is 6. The first-order valence-corrected chi connectivity index (χ1v) is 7.93. The van der Waals surface area contributed by atoms with Gasteiger partial charge in [-0.2, -0.15) is 0 Å². The van der Waals surface area contributed by atoms with Crippen LogP contribution in [0.2, 0.25) is 0 Å². The van der Waals surface area contributed by atoms with Gasteiger partial charge in [-0.05, 0) is 23.1 Å². The minimum atomic E-state index is 0.107. The third kappa shape index (κ3) is 3.79. The first-order chi connectivity index (χ1) is 10.8. The molecule has 0 radical (unpaired) electrons. The summed E-state index contributed by atoms with van der Waals surface area (Å²) in [4.78, 5) is 11.8. The van der Waals surface area contributed by atoms with Crippen LogP contribution in [-0.4, -0.2) is 33.1 Å². The summed E-state index contributed by atoms with van der Waals surface area (Å²) in [6.07, 6.45) is 5.28. The van der Waals surface area contributed by atoms with Gasteiger partial charge in [-0.25, -0.2) is 4.98 Å². The number of oxazole rings is 1. The largest absolute Gasteiger partial charge is 0.444 e. The Morgan fingerprint density at radius 2 is 2.18 bits per heavy atom. The summed E-state index contributed by atoms with van der Waals surface area (Å²) >= 11 is 1.60. The summed E-state index contributed by atoms with van der Waals surface area (Å²) in [5.74, 6) is 0.648.